The molecule has 0 aliphatic carbocycles. The summed E-state index contributed by atoms with van der Waals surface area (Å²) in [4.78, 5) is 10.7. The molecule has 0 aromatic heterocycles. The normalized spacial score (nSPS) is 23.7. The largest absolute Gasteiger partial charge is 0.464 e. The molecule has 1 unspecified atom stereocenters. The maximum absolute atomic E-state index is 10.8. The van der Waals surface area contributed by atoms with Gasteiger partial charge in [0.2, 0.25) is 0 Å². The van der Waals surface area contributed by atoms with Crippen LogP contribution >= 0.6 is 0 Å². The van der Waals surface area contributed by atoms with Crippen LogP contribution in [0, 0.1) is 0 Å². The number of hydrogen-bond donors (Lipinski definition) is 0. The van der Waals surface area contributed by atoms with Crippen molar-refractivity contribution in [3.05, 3.63) is 12.0 Å². The van der Waals surface area contributed by atoms with E-state index in [1.807, 2.05) is 0 Å². The van der Waals surface area contributed by atoms with Gasteiger partial charge >= 0.3 is 5.97 Å². The van der Waals surface area contributed by atoms with Crippen LogP contribution in [0.15, 0.2) is 12.0 Å². The molecule has 6 heteroatoms. The molecule has 1 atom stereocenters. The monoisotopic (exact) mass is 192 g/mol. The van der Waals surface area contributed by atoms with Crippen LogP contribution in [0.5, 0.6) is 0 Å². The Morgan fingerprint density at radius 1 is 1.67 bits per heavy atom. The minimum atomic E-state index is -3.77. The molecule has 0 radical (unpaired) electrons. The van der Waals surface area contributed by atoms with E-state index in [4.69, 9.17) is 0 Å². The van der Waals surface area contributed by atoms with Gasteiger partial charge in [0.1, 0.15) is 0 Å². The van der Waals surface area contributed by atoms with Crippen molar-refractivity contribution in [2.24, 2.45) is 0 Å². The fraction of sp³-hybridized carbons (Fsp3) is 0.500. The molecule has 0 spiro atoms. The first kappa shape index (κ1) is 9.21. The lowest BCUT2D eigenvalue weighted by atomic mass is 10.3. The second-order valence-corrected chi connectivity index (χ2v) is 3.71. The number of esters is 1. The molecule has 1 fully saturated rings. The molecule has 1 rings (SSSR count). The first-order chi connectivity index (χ1) is 5.55. The molecule has 1 aliphatic rings. The molecule has 1 heterocycles. The smallest absolute Gasteiger partial charge is 0.336 e. The average molecular weight is 192 g/mol. The van der Waals surface area contributed by atoms with E-state index in [-0.39, 0.29) is 13.0 Å². The quantitative estimate of drug-likeness (QED) is 0.457. The van der Waals surface area contributed by atoms with Gasteiger partial charge in [0.05, 0.1) is 12.0 Å². The van der Waals surface area contributed by atoms with Crippen molar-refractivity contribution < 1.29 is 22.1 Å². The van der Waals surface area contributed by atoms with Gasteiger partial charge in [-0.1, -0.05) is 6.58 Å². The summed E-state index contributed by atoms with van der Waals surface area (Å²) in [6.45, 7) is 3.24. The van der Waals surface area contributed by atoms with Crippen LogP contribution in [-0.2, 0) is 23.8 Å². The van der Waals surface area contributed by atoms with E-state index in [9.17, 15) is 13.2 Å². The SMILES string of the molecule is C=CS(=O)(=O)OC1CCOC1=O. The third kappa shape index (κ3) is 2.05. The molecular formula is C6H8O5S. The van der Waals surface area contributed by atoms with Crippen molar-refractivity contribution in [1.29, 1.82) is 0 Å². The lowest BCUT2D eigenvalue weighted by Gasteiger charge is -2.03. The second-order valence-electron chi connectivity index (χ2n) is 2.20. The third-order valence-electron chi connectivity index (χ3n) is 1.34. The lowest BCUT2D eigenvalue weighted by molar-refractivity contribution is -0.143. The molecule has 5 nitrogen and oxygen atoms in total. The van der Waals surface area contributed by atoms with Crippen molar-refractivity contribution in [3.8, 4) is 0 Å². The minimum Gasteiger partial charge on any atom is -0.464 e. The molecule has 68 valence electrons. The first-order valence-corrected chi connectivity index (χ1v) is 4.74. The summed E-state index contributed by atoms with van der Waals surface area (Å²) in [5, 5.41) is 0.651. The fourth-order valence-corrected chi connectivity index (χ4v) is 1.34. The van der Waals surface area contributed by atoms with Crippen LogP contribution in [0.3, 0.4) is 0 Å². The molecule has 0 aromatic rings. The maximum Gasteiger partial charge on any atom is 0.336 e. The molecule has 12 heavy (non-hydrogen) atoms. The number of carbonyl (C=O) groups excluding carboxylic acids is 1. The van der Waals surface area contributed by atoms with Crippen LogP contribution in [-0.4, -0.2) is 27.1 Å². The van der Waals surface area contributed by atoms with Crippen LogP contribution in [0.4, 0.5) is 0 Å². The van der Waals surface area contributed by atoms with Gasteiger partial charge in [0.25, 0.3) is 10.1 Å². The summed E-state index contributed by atoms with van der Waals surface area (Å²) in [7, 11) is -3.77. The van der Waals surface area contributed by atoms with Gasteiger partial charge in [-0.25, -0.2) is 4.79 Å². The second kappa shape index (κ2) is 3.24. The topological polar surface area (TPSA) is 69.7 Å². The number of cyclic esters (lactones) is 1. The Morgan fingerprint density at radius 3 is 2.75 bits per heavy atom. The Morgan fingerprint density at radius 2 is 2.33 bits per heavy atom. The van der Waals surface area contributed by atoms with E-state index < -0.39 is 22.2 Å². The fourth-order valence-electron chi connectivity index (χ4n) is 0.766. The van der Waals surface area contributed by atoms with Crippen molar-refractivity contribution >= 4 is 16.1 Å². The van der Waals surface area contributed by atoms with Crippen LogP contribution in [0.25, 0.3) is 0 Å². The van der Waals surface area contributed by atoms with Gasteiger partial charge in [-0.2, -0.15) is 8.42 Å². The van der Waals surface area contributed by atoms with E-state index in [0.29, 0.717) is 5.41 Å². The van der Waals surface area contributed by atoms with E-state index in [1.165, 1.54) is 0 Å². The molecule has 0 N–H and O–H groups in total. The summed E-state index contributed by atoms with van der Waals surface area (Å²) >= 11 is 0. The molecule has 0 amide bonds. The molecule has 0 bridgehead atoms. The average Bonchev–Trinajstić information content (AvgIpc) is 2.36. The first-order valence-electron chi connectivity index (χ1n) is 3.27. The highest BCUT2D eigenvalue weighted by Crippen LogP contribution is 2.13. The summed E-state index contributed by atoms with van der Waals surface area (Å²) in [6, 6.07) is 0. The van der Waals surface area contributed by atoms with Crippen molar-refractivity contribution in [2.75, 3.05) is 6.61 Å². The summed E-state index contributed by atoms with van der Waals surface area (Å²) < 4.78 is 30.4. The third-order valence-corrected chi connectivity index (χ3v) is 2.25. The molecule has 1 saturated heterocycles. The van der Waals surface area contributed by atoms with Crippen molar-refractivity contribution in [2.45, 2.75) is 12.5 Å². The van der Waals surface area contributed by atoms with Crippen LogP contribution < -0.4 is 0 Å². The number of ether oxygens (including phenoxy) is 1. The number of rotatable bonds is 3. The van der Waals surface area contributed by atoms with Gasteiger partial charge in [-0.3, -0.25) is 4.18 Å². The van der Waals surface area contributed by atoms with Gasteiger partial charge in [-0.05, 0) is 0 Å². The van der Waals surface area contributed by atoms with Crippen molar-refractivity contribution in [1.82, 2.24) is 0 Å². The Bertz CT molecular complexity index is 291. The summed E-state index contributed by atoms with van der Waals surface area (Å²) in [5.74, 6) is -0.638. The van der Waals surface area contributed by atoms with E-state index in [1.54, 1.807) is 0 Å². The highest BCUT2D eigenvalue weighted by molar-refractivity contribution is 7.89. The molecule has 0 saturated carbocycles. The number of carbonyl (C=O) groups is 1. The molecule has 1 aliphatic heterocycles. The van der Waals surface area contributed by atoms with Crippen LogP contribution in [0.1, 0.15) is 6.42 Å². The van der Waals surface area contributed by atoms with E-state index in [0.717, 1.165) is 0 Å². The zero-order valence-electron chi connectivity index (χ0n) is 6.23. The van der Waals surface area contributed by atoms with Gasteiger partial charge in [0, 0.05) is 6.42 Å². The highest BCUT2D eigenvalue weighted by Gasteiger charge is 2.31. The summed E-state index contributed by atoms with van der Waals surface area (Å²) in [6.07, 6.45) is -0.723. The zero-order chi connectivity index (χ0) is 9.19. The van der Waals surface area contributed by atoms with Gasteiger partial charge in [-0.15, -0.1) is 0 Å². The summed E-state index contributed by atoms with van der Waals surface area (Å²) in [5.41, 5.74) is 0. The Labute approximate surface area is 70.1 Å². The van der Waals surface area contributed by atoms with E-state index >= 15 is 0 Å². The minimum absolute atomic E-state index is 0.205. The van der Waals surface area contributed by atoms with E-state index in [2.05, 4.69) is 15.5 Å². The molecule has 0 aromatic carbocycles. The Balaban J connectivity index is 2.63. The standard InChI is InChI=1S/C6H8O5S/c1-2-12(8,9)11-5-3-4-10-6(5)7/h2,5H,1,3-4H2. The number of hydrogen-bond acceptors (Lipinski definition) is 5. The zero-order valence-corrected chi connectivity index (χ0v) is 7.04. The highest BCUT2D eigenvalue weighted by atomic mass is 32.2. The van der Waals surface area contributed by atoms with Gasteiger partial charge < -0.3 is 4.74 Å². The lowest BCUT2D eigenvalue weighted by Crippen LogP contribution is -2.21. The van der Waals surface area contributed by atoms with Crippen LogP contribution in [0.2, 0.25) is 0 Å². The maximum atomic E-state index is 10.8. The predicted octanol–water partition coefficient (Wildman–Crippen LogP) is -0.208. The molecular weight excluding hydrogens is 184 g/mol. The van der Waals surface area contributed by atoms with Gasteiger partial charge in [0.15, 0.2) is 6.10 Å². The Kier molecular flexibility index (Phi) is 2.49. The Hall–Kier alpha value is -0.880. The predicted molar refractivity (Wildman–Crippen MR) is 39.6 cm³/mol. The van der Waals surface area contributed by atoms with Crippen molar-refractivity contribution in [3.63, 3.8) is 0 Å².